The monoisotopic (exact) mass is 172 g/mol. The molecule has 0 spiro atoms. The fourth-order valence-electron chi connectivity index (χ4n) is 1.38. The van der Waals surface area contributed by atoms with Gasteiger partial charge in [0.2, 0.25) is 11.6 Å². The zero-order valence-corrected chi connectivity index (χ0v) is 6.99. The van der Waals surface area contributed by atoms with Crippen LogP contribution >= 0.6 is 0 Å². The second-order valence-electron chi connectivity index (χ2n) is 2.95. The normalized spacial score (nSPS) is 15.4. The van der Waals surface area contributed by atoms with Crippen molar-refractivity contribution < 1.29 is 9.59 Å². The zero-order valence-electron chi connectivity index (χ0n) is 6.99. The minimum Gasteiger partial charge on any atom is -0.290 e. The van der Waals surface area contributed by atoms with Gasteiger partial charge >= 0.3 is 0 Å². The summed E-state index contributed by atoms with van der Waals surface area (Å²) in [7, 11) is 0. The van der Waals surface area contributed by atoms with Gasteiger partial charge in [0, 0.05) is 12.0 Å². The number of benzene rings is 1. The van der Waals surface area contributed by atoms with Gasteiger partial charge in [0.05, 0.1) is 0 Å². The highest BCUT2D eigenvalue weighted by Gasteiger charge is 2.18. The summed E-state index contributed by atoms with van der Waals surface area (Å²) in [5, 5.41) is 0. The van der Waals surface area contributed by atoms with E-state index in [-0.39, 0.29) is 18.0 Å². The molecule has 0 amide bonds. The Morgan fingerprint density at radius 3 is 2.69 bits per heavy atom. The van der Waals surface area contributed by atoms with Crippen molar-refractivity contribution in [2.24, 2.45) is 0 Å². The number of carbonyl (C=O) groups is 2. The summed E-state index contributed by atoms with van der Waals surface area (Å²) in [5.74, 6) is -0.707. The number of carbonyl (C=O) groups excluding carboxylic acids is 2. The molecule has 2 nitrogen and oxygen atoms in total. The molecule has 0 saturated carbocycles. The van der Waals surface area contributed by atoms with E-state index in [1.54, 1.807) is 18.2 Å². The summed E-state index contributed by atoms with van der Waals surface area (Å²) in [6.45, 7) is 0. The fraction of sp³-hybridized carbons (Fsp3) is 0.0909. The van der Waals surface area contributed by atoms with Crippen LogP contribution in [0.4, 0.5) is 0 Å². The van der Waals surface area contributed by atoms with E-state index in [1.807, 2.05) is 18.2 Å². The molecular formula is C11H8O2. The van der Waals surface area contributed by atoms with Gasteiger partial charge in [-0.3, -0.25) is 9.59 Å². The van der Waals surface area contributed by atoms with Crippen molar-refractivity contribution in [2.45, 2.75) is 6.42 Å². The summed E-state index contributed by atoms with van der Waals surface area (Å²) in [6.07, 6.45) is 3.76. The maximum atomic E-state index is 11.4. The number of ketones is 2. The predicted octanol–water partition coefficient (Wildman–Crippen LogP) is 1.86. The van der Waals surface area contributed by atoms with E-state index in [2.05, 4.69) is 0 Å². The van der Waals surface area contributed by atoms with Crippen LogP contribution in [0.15, 0.2) is 30.3 Å². The minimum absolute atomic E-state index is 0.216. The average Bonchev–Trinajstić information content (AvgIpc) is 2.29. The van der Waals surface area contributed by atoms with Crippen molar-refractivity contribution in [3.63, 3.8) is 0 Å². The fourth-order valence-corrected chi connectivity index (χ4v) is 1.38. The average molecular weight is 172 g/mol. The lowest BCUT2D eigenvalue weighted by Gasteiger charge is -1.99. The third-order valence-corrected chi connectivity index (χ3v) is 2.06. The van der Waals surface area contributed by atoms with E-state index >= 15 is 0 Å². The predicted molar refractivity (Wildman–Crippen MR) is 49.4 cm³/mol. The Kier molecular flexibility index (Phi) is 1.81. The molecule has 0 N–H and O–H groups in total. The number of hydrogen-bond donors (Lipinski definition) is 0. The first-order valence-electron chi connectivity index (χ1n) is 4.12. The van der Waals surface area contributed by atoms with Crippen LogP contribution in [0.2, 0.25) is 0 Å². The zero-order chi connectivity index (χ0) is 9.26. The Morgan fingerprint density at radius 2 is 1.85 bits per heavy atom. The van der Waals surface area contributed by atoms with Crippen molar-refractivity contribution in [2.75, 3.05) is 0 Å². The summed E-state index contributed by atoms with van der Waals surface area (Å²) >= 11 is 0. The standard InChI is InChI=1S/C11H8O2/c12-10-7-3-5-8-4-1-2-6-9(8)11(10)13/h1-6H,7H2. The van der Waals surface area contributed by atoms with Crippen molar-refractivity contribution in [1.82, 2.24) is 0 Å². The molecule has 0 saturated heterocycles. The summed E-state index contributed by atoms with van der Waals surface area (Å²) in [4.78, 5) is 22.6. The van der Waals surface area contributed by atoms with Gasteiger partial charge in [-0.1, -0.05) is 36.4 Å². The molecule has 2 heteroatoms. The second kappa shape index (κ2) is 2.98. The van der Waals surface area contributed by atoms with Gasteiger partial charge in [-0.2, -0.15) is 0 Å². The SMILES string of the molecule is O=C1CC=Cc2ccccc2C1=O. The van der Waals surface area contributed by atoms with E-state index in [9.17, 15) is 9.59 Å². The molecule has 0 unspecified atom stereocenters. The van der Waals surface area contributed by atoms with Crippen molar-refractivity contribution in [3.05, 3.63) is 41.5 Å². The van der Waals surface area contributed by atoms with Gasteiger partial charge in [-0.05, 0) is 5.56 Å². The molecule has 64 valence electrons. The Labute approximate surface area is 75.9 Å². The van der Waals surface area contributed by atoms with Crippen molar-refractivity contribution in [3.8, 4) is 0 Å². The molecular weight excluding hydrogens is 164 g/mol. The first-order valence-corrected chi connectivity index (χ1v) is 4.12. The third kappa shape index (κ3) is 1.31. The smallest absolute Gasteiger partial charge is 0.229 e. The number of rotatable bonds is 0. The van der Waals surface area contributed by atoms with Crippen LogP contribution in [0.25, 0.3) is 6.08 Å². The maximum Gasteiger partial charge on any atom is 0.229 e. The topological polar surface area (TPSA) is 34.1 Å². The highest BCUT2D eigenvalue weighted by molar-refractivity contribution is 6.45. The Hall–Kier alpha value is -1.70. The lowest BCUT2D eigenvalue weighted by molar-refractivity contribution is -0.114. The van der Waals surface area contributed by atoms with Gasteiger partial charge in [0.15, 0.2) is 0 Å². The van der Waals surface area contributed by atoms with Gasteiger partial charge in [0.25, 0.3) is 0 Å². The van der Waals surface area contributed by atoms with Crippen LogP contribution in [-0.4, -0.2) is 11.6 Å². The molecule has 1 aromatic rings. The lowest BCUT2D eigenvalue weighted by atomic mass is 10.0. The second-order valence-corrected chi connectivity index (χ2v) is 2.95. The molecule has 0 atom stereocenters. The molecule has 1 aromatic carbocycles. The molecule has 1 aliphatic rings. The molecule has 13 heavy (non-hydrogen) atoms. The van der Waals surface area contributed by atoms with Crippen molar-refractivity contribution >= 4 is 17.6 Å². The summed E-state index contributed by atoms with van der Waals surface area (Å²) in [6, 6.07) is 7.14. The van der Waals surface area contributed by atoms with Gasteiger partial charge in [-0.15, -0.1) is 0 Å². The molecule has 0 aliphatic heterocycles. The van der Waals surface area contributed by atoms with Crippen LogP contribution in [0.5, 0.6) is 0 Å². The number of fused-ring (bicyclic) bond motifs is 1. The van der Waals surface area contributed by atoms with E-state index in [1.165, 1.54) is 0 Å². The number of Topliss-reactive ketones (excluding diaryl/α,β-unsaturated/α-hetero) is 2. The van der Waals surface area contributed by atoms with Crippen LogP contribution in [0.3, 0.4) is 0 Å². The number of hydrogen-bond acceptors (Lipinski definition) is 2. The highest BCUT2D eigenvalue weighted by Crippen LogP contribution is 2.16. The van der Waals surface area contributed by atoms with E-state index in [0.717, 1.165) is 5.56 Å². The largest absolute Gasteiger partial charge is 0.290 e. The van der Waals surface area contributed by atoms with E-state index in [0.29, 0.717) is 5.56 Å². The number of allylic oxidation sites excluding steroid dienone is 1. The Balaban J connectivity index is 2.61. The molecule has 0 aromatic heterocycles. The van der Waals surface area contributed by atoms with E-state index < -0.39 is 0 Å². The molecule has 0 fully saturated rings. The maximum absolute atomic E-state index is 11.4. The van der Waals surface area contributed by atoms with Gasteiger partial charge in [-0.25, -0.2) is 0 Å². The van der Waals surface area contributed by atoms with E-state index in [4.69, 9.17) is 0 Å². The molecule has 0 radical (unpaired) electrons. The lowest BCUT2D eigenvalue weighted by Crippen LogP contribution is -2.12. The van der Waals surface area contributed by atoms with Crippen LogP contribution in [-0.2, 0) is 4.79 Å². The third-order valence-electron chi connectivity index (χ3n) is 2.06. The minimum atomic E-state index is -0.374. The molecule has 2 rings (SSSR count). The van der Waals surface area contributed by atoms with Crippen LogP contribution in [0.1, 0.15) is 22.3 Å². The molecule has 0 heterocycles. The van der Waals surface area contributed by atoms with Crippen molar-refractivity contribution in [1.29, 1.82) is 0 Å². The quantitative estimate of drug-likeness (QED) is 0.560. The summed E-state index contributed by atoms with van der Waals surface area (Å²) in [5.41, 5.74) is 1.35. The molecule has 0 bridgehead atoms. The Morgan fingerprint density at radius 1 is 1.08 bits per heavy atom. The van der Waals surface area contributed by atoms with Crippen LogP contribution in [0, 0.1) is 0 Å². The van der Waals surface area contributed by atoms with Crippen LogP contribution < -0.4 is 0 Å². The molecule has 1 aliphatic carbocycles. The highest BCUT2D eigenvalue weighted by atomic mass is 16.2. The first kappa shape index (κ1) is 7.92. The Bertz CT molecular complexity index is 402. The first-order chi connectivity index (χ1) is 6.29. The van der Waals surface area contributed by atoms with Gasteiger partial charge < -0.3 is 0 Å². The van der Waals surface area contributed by atoms with Gasteiger partial charge in [0.1, 0.15) is 0 Å². The summed E-state index contributed by atoms with van der Waals surface area (Å²) < 4.78 is 0.